The lowest BCUT2D eigenvalue weighted by Crippen LogP contribution is -2.28. The lowest BCUT2D eigenvalue weighted by atomic mass is 10.0. The molecule has 0 aliphatic carbocycles. The van der Waals surface area contributed by atoms with E-state index in [9.17, 15) is 5.11 Å². The molecule has 0 radical (unpaired) electrons. The average Bonchev–Trinajstić information content (AvgIpc) is 2.82. The van der Waals surface area contributed by atoms with Gasteiger partial charge in [-0.15, -0.1) is 0 Å². The number of ether oxygens (including phenoxy) is 1. The highest BCUT2D eigenvalue weighted by molar-refractivity contribution is 5.29. The van der Waals surface area contributed by atoms with Crippen LogP contribution in [0.4, 0.5) is 0 Å². The Labute approximate surface area is 90.1 Å². The maximum absolute atomic E-state index is 10.1. The van der Waals surface area contributed by atoms with Gasteiger partial charge in [-0.3, -0.25) is 0 Å². The molecule has 2 N–H and O–H groups in total. The first-order valence-electron chi connectivity index (χ1n) is 5.36. The van der Waals surface area contributed by atoms with Gasteiger partial charge in [-0.05, 0) is 37.1 Å². The summed E-state index contributed by atoms with van der Waals surface area (Å²) >= 11 is 0. The summed E-state index contributed by atoms with van der Waals surface area (Å²) in [6.07, 6.45) is 1.80. The third-order valence-electron chi connectivity index (χ3n) is 2.94. The van der Waals surface area contributed by atoms with E-state index in [1.165, 1.54) is 0 Å². The van der Waals surface area contributed by atoms with Gasteiger partial charge in [-0.1, -0.05) is 12.1 Å². The number of aliphatic hydroxyl groups is 1. The highest BCUT2D eigenvalue weighted by Gasteiger charge is 2.23. The van der Waals surface area contributed by atoms with Crippen LogP contribution in [0.3, 0.4) is 0 Å². The van der Waals surface area contributed by atoms with Crippen LogP contribution in [0.1, 0.15) is 24.5 Å². The van der Waals surface area contributed by atoms with Crippen molar-refractivity contribution in [2.45, 2.75) is 25.0 Å². The fourth-order valence-corrected chi connectivity index (χ4v) is 2.01. The van der Waals surface area contributed by atoms with Gasteiger partial charge < -0.3 is 15.2 Å². The van der Waals surface area contributed by atoms with Gasteiger partial charge >= 0.3 is 0 Å². The van der Waals surface area contributed by atoms with Gasteiger partial charge in [-0.2, -0.15) is 0 Å². The van der Waals surface area contributed by atoms with Crippen LogP contribution in [0, 0.1) is 0 Å². The Morgan fingerprint density at radius 1 is 1.40 bits per heavy atom. The Hall–Kier alpha value is -1.06. The van der Waals surface area contributed by atoms with Gasteiger partial charge in [0, 0.05) is 6.04 Å². The van der Waals surface area contributed by atoms with E-state index in [1.807, 2.05) is 24.3 Å². The van der Waals surface area contributed by atoms with E-state index >= 15 is 0 Å². The zero-order chi connectivity index (χ0) is 10.7. The zero-order valence-corrected chi connectivity index (χ0v) is 8.94. The van der Waals surface area contributed by atoms with Crippen molar-refractivity contribution in [3.8, 4) is 5.75 Å². The largest absolute Gasteiger partial charge is 0.497 e. The predicted octanol–water partition coefficient (Wildman–Crippen LogP) is 1.48. The SMILES string of the molecule is COc1ccc([C@@H](O)[C@@H]2CCCN2)cc1. The quantitative estimate of drug-likeness (QED) is 0.789. The molecule has 82 valence electrons. The van der Waals surface area contributed by atoms with Crippen molar-refractivity contribution in [2.24, 2.45) is 0 Å². The smallest absolute Gasteiger partial charge is 0.118 e. The summed E-state index contributed by atoms with van der Waals surface area (Å²) < 4.78 is 5.08. The topological polar surface area (TPSA) is 41.5 Å². The maximum atomic E-state index is 10.1. The van der Waals surface area contributed by atoms with Gasteiger partial charge in [0.2, 0.25) is 0 Å². The van der Waals surface area contributed by atoms with E-state index < -0.39 is 6.10 Å². The van der Waals surface area contributed by atoms with Crippen molar-refractivity contribution in [3.05, 3.63) is 29.8 Å². The molecule has 2 rings (SSSR count). The van der Waals surface area contributed by atoms with E-state index in [0.29, 0.717) is 0 Å². The fourth-order valence-electron chi connectivity index (χ4n) is 2.01. The molecular formula is C12H17NO2. The lowest BCUT2D eigenvalue weighted by Gasteiger charge is -2.18. The molecule has 0 aromatic heterocycles. The first kappa shape index (κ1) is 10.5. The van der Waals surface area contributed by atoms with Gasteiger partial charge in [0.1, 0.15) is 5.75 Å². The van der Waals surface area contributed by atoms with Crippen LogP contribution in [-0.2, 0) is 0 Å². The van der Waals surface area contributed by atoms with Crippen LogP contribution >= 0.6 is 0 Å². The minimum absolute atomic E-state index is 0.207. The third kappa shape index (κ3) is 2.30. The second-order valence-electron chi connectivity index (χ2n) is 3.92. The van der Waals surface area contributed by atoms with E-state index in [1.54, 1.807) is 7.11 Å². The summed E-state index contributed by atoms with van der Waals surface area (Å²) in [5.74, 6) is 0.824. The van der Waals surface area contributed by atoms with Crippen LogP contribution < -0.4 is 10.1 Å². The normalized spacial score (nSPS) is 22.7. The van der Waals surface area contributed by atoms with Gasteiger partial charge in [0.05, 0.1) is 13.2 Å². The summed E-state index contributed by atoms with van der Waals surface area (Å²) in [6.45, 7) is 1.01. The van der Waals surface area contributed by atoms with Crippen molar-refractivity contribution < 1.29 is 9.84 Å². The number of methoxy groups -OCH3 is 1. The summed E-state index contributed by atoms with van der Waals surface area (Å²) in [5, 5.41) is 13.4. The Morgan fingerprint density at radius 3 is 2.67 bits per heavy atom. The fraction of sp³-hybridized carbons (Fsp3) is 0.500. The molecule has 3 nitrogen and oxygen atoms in total. The van der Waals surface area contributed by atoms with Crippen molar-refractivity contribution in [1.29, 1.82) is 0 Å². The molecule has 1 aliphatic rings. The molecule has 3 heteroatoms. The van der Waals surface area contributed by atoms with Crippen LogP contribution in [0.5, 0.6) is 5.75 Å². The number of rotatable bonds is 3. The molecule has 15 heavy (non-hydrogen) atoms. The van der Waals surface area contributed by atoms with Crippen molar-refractivity contribution in [1.82, 2.24) is 5.32 Å². The summed E-state index contributed by atoms with van der Waals surface area (Å²) in [4.78, 5) is 0. The Balaban J connectivity index is 2.07. The van der Waals surface area contributed by atoms with Crippen LogP contribution in [-0.4, -0.2) is 24.8 Å². The van der Waals surface area contributed by atoms with Crippen LogP contribution in [0.2, 0.25) is 0 Å². The Kier molecular flexibility index (Phi) is 3.23. The van der Waals surface area contributed by atoms with Crippen molar-refractivity contribution in [2.75, 3.05) is 13.7 Å². The molecule has 1 aromatic carbocycles. The zero-order valence-electron chi connectivity index (χ0n) is 8.94. The molecule has 1 aliphatic heterocycles. The molecule has 2 atom stereocenters. The lowest BCUT2D eigenvalue weighted by molar-refractivity contribution is 0.137. The van der Waals surface area contributed by atoms with Crippen LogP contribution in [0.25, 0.3) is 0 Å². The Morgan fingerprint density at radius 2 is 2.13 bits per heavy atom. The average molecular weight is 207 g/mol. The third-order valence-corrected chi connectivity index (χ3v) is 2.94. The minimum Gasteiger partial charge on any atom is -0.497 e. The molecule has 1 saturated heterocycles. The van der Waals surface area contributed by atoms with E-state index in [0.717, 1.165) is 30.7 Å². The minimum atomic E-state index is -0.404. The molecule has 0 saturated carbocycles. The standard InChI is InChI=1S/C12H17NO2/c1-15-10-6-4-9(5-7-10)12(14)11-3-2-8-13-11/h4-7,11-14H,2-3,8H2,1H3/t11-,12+/m0/s1. The van der Waals surface area contributed by atoms with Crippen molar-refractivity contribution in [3.63, 3.8) is 0 Å². The number of nitrogens with one attached hydrogen (secondary N) is 1. The molecule has 1 aromatic rings. The molecule has 0 amide bonds. The monoisotopic (exact) mass is 207 g/mol. The first-order valence-corrected chi connectivity index (χ1v) is 5.36. The maximum Gasteiger partial charge on any atom is 0.118 e. The highest BCUT2D eigenvalue weighted by Crippen LogP contribution is 2.24. The first-order chi connectivity index (χ1) is 7.31. The molecule has 0 unspecified atom stereocenters. The van der Waals surface area contributed by atoms with E-state index in [-0.39, 0.29) is 6.04 Å². The molecule has 1 fully saturated rings. The number of hydrogen-bond donors (Lipinski definition) is 2. The summed E-state index contributed by atoms with van der Waals surface area (Å²) in [5.41, 5.74) is 0.954. The molecule has 1 heterocycles. The molecular weight excluding hydrogens is 190 g/mol. The number of hydrogen-bond acceptors (Lipinski definition) is 3. The predicted molar refractivity (Wildman–Crippen MR) is 59.0 cm³/mol. The van der Waals surface area contributed by atoms with Crippen LogP contribution in [0.15, 0.2) is 24.3 Å². The summed E-state index contributed by atoms with van der Waals surface area (Å²) in [6, 6.07) is 7.81. The van der Waals surface area contributed by atoms with E-state index in [2.05, 4.69) is 5.32 Å². The number of benzene rings is 1. The Bertz CT molecular complexity index is 304. The van der Waals surface area contributed by atoms with E-state index in [4.69, 9.17) is 4.74 Å². The second-order valence-corrected chi connectivity index (χ2v) is 3.92. The van der Waals surface area contributed by atoms with Gasteiger partial charge in [0.25, 0.3) is 0 Å². The summed E-state index contributed by atoms with van der Waals surface area (Å²) in [7, 11) is 1.64. The van der Waals surface area contributed by atoms with Gasteiger partial charge in [0.15, 0.2) is 0 Å². The molecule has 0 spiro atoms. The highest BCUT2D eigenvalue weighted by atomic mass is 16.5. The molecule has 0 bridgehead atoms. The van der Waals surface area contributed by atoms with Gasteiger partial charge in [-0.25, -0.2) is 0 Å². The second kappa shape index (κ2) is 4.64. The number of aliphatic hydroxyl groups excluding tert-OH is 1. The van der Waals surface area contributed by atoms with Crippen molar-refractivity contribution >= 4 is 0 Å².